The first kappa shape index (κ1) is 19.9. The van der Waals surface area contributed by atoms with E-state index in [4.69, 9.17) is 4.74 Å². The number of carbonyl (C=O) groups is 2. The molecule has 1 N–H and O–H groups in total. The molecule has 2 rings (SSSR count). The molecule has 0 saturated carbocycles. The molecule has 0 unspecified atom stereocenters. The minimum atomic E-state index is -4.62. The predicted octanol–water partition coefficient (Wildman–Crippen LogP) is 3.72. The molecular formula is C17H13F3N2O5. The van der Waals surface area contributed by atoms with Gasteiger partial charge in [-0.2, -0.15) is 13.2 Å². The van der Waals surface area contributed by atoms with Crippen LogP contribution in [0.5, 0.6) is 0 Å². The number of hydrogen-bond donors (Lipinski definition) is 1. The molecule has 142 valence electrons. The van der Waals surface area contributed by atoms with Crippen molar-refractivity contribution in [2.45, 2.75) is 13.1 Å². The van der Waals surface area contributed by atoms with E-state index in [9.17, 15) is 32.9 Å². The van der Waals surface area contributed by atoms with E-state index >= 15 is 0 Å². The lowest BCUT2D eigenvalue weighted by molar-refractivity contribution is -0.385. The number of nitro groups is 1. The molecule has 0 aliphatic rings. The highest BCUT2D eigenvalue weighted by Crippen LogP contribution is 2.29. The molecule has 0 atom stereocenters. The first-order valence-electron chi connectivity index (χ1n) is 7.48. The van der Waals surface area contributed by atoms with Gasteiger partial charge in [0, 0.05) is 6.07 Å². The third-order valence-electron chi connectivity index (χ3n) is 3.54. The Bertz CT molecular complexity index is 896. The number of nitro benzene ring substituents is 1. The van der Waals surface area contributed by atoms with Crippen LogP contribution in [-0.4, -0.2) is 23.4 Å². The Morgan fingerprint density at radius 3 is 2.48 bits per heavy atom. The highest BCUT2D eigenvalue weighted by molar-refractivity contribution is 5.96. The van der Waals surface area contributed by atoms with E-state index in [-0.39, 0.29) is 22.5 Å². The molecule has 0 fully saturated rings. The lowest BCUT2D eigenvalue weighted by Crippen LogP contribution is -2.21. The van der Waals surface area contributed by atoms with Crippen LogP contribution in [0.25, 0.3) is 0 Å². The van der Waals surface area contributed by atoms with E-state index in [0.717, 1.165) is 18.2 Å². The van der Waals surface area contributed by atoms with Gasteiger partial charge in [0.2, 0.25) is 0 Å². The number of alkyl halides is 3. The van der Waals surface area contributed by atoms with E-state index in [1.807, 2.05) is 0 Å². The normalized spacial score (nSPS) is 11.0. The number of nitrogens with one attached hydrogen (secondary N) is 1. The van der Waals surface area contributed by atoms with E-state index in [1.54, 1.807) is 0 Å². The molecule has 0 bridgehead atoms. The minimum Gasteiger partial charge on any atom is -0.452 e. The maximum atomic E-state index is 12.7. The minimum absolute atomic E-state index is 0.157. The third-order valence-corrected chi connectivity index (χ3v) is 3.54. The second-order valence-corrected chi connectivity index (χ2v) is 5.41. The SMILES string of the molecule is Cc1c(NC(=O)COC(=O)c2cccc(C(F)(F)F)c2)cccc1[N+](=O)[O-]. The van der Waals surface area contributed by atoms with Crippen molar-refractivity contribution in [1.29, 1.82) is 0 Å². The topological polar surface area (TPSA) is 98.5 Å². The van der Waals surface area contributed by atoms with Crippen LogP contribution in [-0.2, 0) is 15.7 Å². The third kappa shape index (κ3) is 5.03. The molecular weight excluding hydrogens is 369 g/mol. The summed E-state index contributed by atoms with van der Waals surface area (Å²) >= 11 is 0. The molecule has 0 heterocycles. The lowest BCUT2D eigenvalue weighted by atomic mass is 10.1. The van der Waals surface area contributed by atoms with Crippen molar-refractivity contribution in [3.8, 4) is 0 Å². The summed E-state index contributed by atoms with van der Waals surface area (Å²) < 4.78 is 42.6. The molecule has 1 amide bonds. The van der Waals surface area contributed by atoms with Crippen LogP contribution in [0.3, 0.4) is 0 Å². The largest absolute Gasteiger partial charge is 0.452 e. The number of anilines is 1. The lowest BCUT2D eigenvalue weighted by Gasteiger charge is -2.10. The van der Waals surface area contributed by atoms with Gasteiger partial charge in [0.05, 0.1) is 27.3 Å². The van der Waals surface area contributed by atoms with Gasteiger partial charge in [0.25, 0.3) is 11.6 Å². The van der Waals surface area contributed by atoms with Crippen molar-refractivity contribution >= 4 is 23.3 Å². The van der Waals surface area contributed by atoms with Crippen LogP contribution >= 0.6 is 0 Å². The van der Waals surface area contributed by atoms with Crippen LogP contribution in [0.2, 0.25) is 0 Å². The van der Waals surface area contributed by atoms with E-state index in [1.165, 1.54) is 25.1 Å². The summed E-state index contributed by atoms with van der Waals surface area (Å²) in [4.78, 5) is 34.0. The number of benzene rings is 2. The standard InChI is InChI=1S/C17H13F3N2O5/c1-10-13(6-3-7-14(10)22(25)26)21-15(23)9-27-16(24)11-4-2-5-12(8-11)17(18,19)20/h2-8H,9H2,1H3,(H,21,23). The van der Waals surface area contributed by atoms with Crippen molar-refractivity contribution < 1.29 is 32.4 Å². The summed E-state index contributed by atoms with van der Waals surface area (Å²) in [6.07, 6.45) is -4.62. The van der Waals surface area contributed by atoms with E-state index in [2.05, 4.69) is 5.32 Å². The molecule has 2 aromatic rings. The van der Waals surface area contributed by atoms with E-state index in [0.29, 0.717) is 6.07 Å². The van der Waals surface area contributed by atoms with E-state index < -0.39 is 35.1 Å². The number of halogens is 3. The zero-order valence-corrected chi connectivity index (χ0v) is 13.9. The van der Waals surface area contributed by atoms with Crippen LogP contribution in [0.4, 0.5) is 24.5 Å². The Morgan fingerprint density at radius 1 is 1.19 bits per heavy atom. The Morgan fingerprint density at radius 2 is 1.85 bits per heavy atom. The maximum Gasteiger partial charge on any atom is 0.416 e. The fourth-order valence-electron chi connectivity index (χ4n) is 2.18. The molecule has 27 heavy (non-hydrogen) atoms. The van der Waals surface area contributed by atoms with Crippen molar-refractivity contribution in [1.82, 2.24) is 0 Å². The van der Waals surface area contributed by atoms with Gasteiger partial charge in [-0.05, 0) is 31.2 Å². The van der Waals surface area contributed by atoms with Crippen LogP contribution in [0, 0.1) is 17.0 Å². The molecule has 0 saturated heterocycles. The second-order valence-electron chi connectivity index (χ2n) is 5.41. The Labute approximate surface area is 150 Å². The second kappa shape index (κ2) is 7.85. The van der Waals surface area contributed by atoms with Gasteiger partial charge in [-0.25, -0.2) is 4.79 Å². The fourth-order valence-corrected chi connectivity index (χ4v) is 2.18. The number of rotatable bonds is 5. The summed E-state index contributed by atoms with van der Waals surface area (Å²) in [7, 11) is 0. The van der Waals surface area contributed by atoms with Crippen molar-refractivity contribution in [3.05, 3.63) is 69.3 Å². The first-order valence-corrected chi connectivity index (χ1v) is 7.48. The van der Waals surface area contributed by atoms with Crippen molar-refractivity contribution in [3.63, 3.8) is 0 Å². The fraction of sp³-hybridized carbons (Fsp3) is 0.176. The molecule has 2 aromatic carbocycles. The molecule has 0 aliphatic carbocycles. The number of carbonyl (C=O) groups excluding carboxylic acids is 2. The quantitative estimate of drug-likeness (QED) is 0.483. The van der Waals surface area contributed by atoms with Gasteiger partial charge < -0.3 is 10.1 Å². The Kier molecular flexibility index (Phi) is 5.78. The highest BCUT2D eigenvalue weighted by atomic mass is 19.4. The maximum absolute atomic E-state index is 12.7. The first-order chi connectivity index (χ1) is 12.6. The zero-order chi connectivity index (χ0) is 20.2. The highest BCUT2D eigenvalue weighted by Gasteiger charge is 2.31. The van der Waals surface area contributed by atoms with Crippen LogP contribution in [0.15, 0.2) is 42.5 Å². The van der Waals surface area contributed by atoms with Crippen molar-refractivity contribution in [2.75, 3.05) is 11.9 Å². The average Bonchev–Trinajstić information content (AvgIpc) is 2.60. The van der Waals surface area contributed by atoms with Gasteiger partial charge in [-0.15, -0.1) is 0 Å². The molecule has 0 spiro atoms. The summed E-state index contributed by atoms with van der Waals surface area (Å²) in [6.45, 7) is 0.666. The summed E-state index contributed by atoms with van der Waals surface area (Å²) in [6, 6.07) is 7.65. The van der Waals surface area contributed by atoms with Crippen LogP contribution in [0.1, 0.15) is 21.5 Å². The predicted molar refractivity (Wildman–Crippen MR) is 88.2 cm³/mol. The monoisotopic (exact) mass is 382 g/mol. The van der Waals surface area contributed by atoms with Gasteiger partial charge in [-0.1, -0.05) is 12.1 Å². The number of hydrogen-bond acceptors (Lipinski definition) is 5. The smallest absolute Gasteiger partial charge is 0.416 e. The molecule has 0 radical (unpaired) electrons. The molecule has 10 heteroatoms. The van der Waals surface area contributed by atoms with Gasteiger partial charge in [0.15, 0.2) is 6.61 Å². The Hall–Kier alpha value is -3.43. The molecule has 0 aliphatic heterocycles. The van der Waals surface area contributed by atoms with Crippen molar-refractivity contribution in [2.24, 2.45) is 0 Å². The number of ether oxygens (including phenoxy) is 1. The Balaban J connectivity index is 2.01. The average molecular weight is 382 g/mol. The number of nitrogens with zero attached hydrogens (tertiary/aromatic N) is 1. The number of amides is 1. The van der Waals surface area contributed by atoms with Gasteiger partial charge in [-0.3, -0.25) is 14.9 Å². The molecule has 7 nitrogen and oxygen atoms in total. The zero-order valence-electron chi connectivity index (χ0n) is 13.9. The van der Waals surface area contributed by atoms with Gasteiger partial charge in [0.1, 0.15) is 0 Å². The number of esters is 1. The summed E-state index contributed by atoms with van der Waals surface area (Å²) in [5, 5.41) is 13.2. The summed E-state index contributed by atoms with van der Waals surface area (Å²) in [5.74, 6) is -1.90. The van der Waals surface area contributed by atoms with Gasteiger partial charge >= 0.3 is 12.1 Å². The summed E-state index contributed by atoms with van der Waals surface area (Å²) in [5.41, 5.74) is -1.21. The molecule has 0 aromatic heterocycles. The van der Waals surface area contributed by atoms with Crippen LogP contribution < -0.4 is 5.32 Å².